The summed E-state index contributed by atoms with van der Waals surface area (Å²) >= 11 is 11.9. The molecule has 0 aliphatic carbocycles. The van der Waals surface area contributed by atoms with Crippen LogP contribution in [0.1, 0.15) is 13.8 Å². The van der Waals surface area contributed by atoms with E-state index < -0.39 is 24.0 Å². The molecule has 0 heterocycles. The van der Waals surface area contributed by atoms with E-state index in [0.29, 0.717) is 16.5 Å². The lowest BCUT2D eigenvalue weighted by atomic mass is 10.1. The number of carbonyl (C=O) groups is 2. The predicted octanol–water partition coefficient (Wildman–Crippen LogP) is 4.53. The maximum atomic E-state index is 12.3. The molecule has 2 amide bonds. The van der Waals surface area contributed by atoms with Gasteiger partial charge in [0.2, 0.25) is 0 Å². The van der Waals surface area contributed by atoms with Crippen LogP contribution in [0, 0.1) is 0 Å². The number of ether oxygens (including phenoxy) is 2. The van der Waals surface area contributed by atoms with E-state index in [4.69, 9.17) is 32.7 Å². The van der Waals surface area contributed by atoms with Crippen LogP contribution in [0.25, 0.3) is 10.8 Å². The van der Waals surface area contributed by atoms with Gasteiger partial charge in [0.25, 0.3) is 11.8 Å². The summed E-state index contributed by atoms with van der Waals surface area (Å²) in [5, 5.41) is 2.81. The Hall–Kier alpha value is -2.96. The van der Waals surface area contributed by atoms with Crippen molar-refractivity contribution < 1.29 is 19.1 Å². The quantitative estimate of drug-likeness (QED) is 0.545. The van der Waals surface area contributed by atoms with Crippen molar-refractivity contribution in [3.05, 3.63) is 70.7 Å². The lowest BCUT2D eigenvalue weighted by Crippen LogP contribution is -2.50. The average molecular weight is 447 g/mol. The van der Waals surface area contributed by atoms with E-state index >= 15 is 0 Å². The van der Waals surface area contributed by atoms with E-state index in [2.05, 4.69) is 10.9 Å². The van der Waals surface area contributed by atoms with Gasteiger partial charge in [-0.1, -0.05) is 53.5 Å². The van der Waals surface area contributed by atoms with Crippen molar-refractivity contribution in [2.45, 2.75) is 26.1 Å². The minimum Gasteiger partial charge on any atom is -0.481 e. The molecule has 156 valence electrons. The monoisotopic (exact) mass is 446 g/mol. The summed E-state index contributed by atoms with van der Waals surface area (Å²) in [5.74, 6) is -0.194. The number of rotatable bonds is 6. The molecular formula is C22H20Cl2N2O4. The van der Waals surface area contributed by atoms with E-state index in [0.717, 1.165) is 10.8 Å². The van der Waals surface area contributed by atoms with Crippen LogP contribution in [-0.2, 0) is 9.59 Å². The number of carbonyl (C=O) groups excluding carboxylic acids is 2. The number of benzene rings is 3. The number of hydrogen-bond donors (Lipinski definition) is 2. The van der Waals surface area contributed by atoms with Gasteiger partial charge in [-0.2, -0.15) is 0 Å². The fraction of sp³-hybridized carbons (Fsp3) is 0.182. The summed E-state index contributed by atoms with van der Waals surface area (Å²) in [6.45, 7) is 3.12. The number of halogens is 2. The zero-order valence-corrected chi connectivity index (χ0v) is 17.8. The van der Waals surface area contributed by atoms with Crippen LogP contribution in [0.15, 0.2) is 60.7 Å². The van der Waals surface area contributed by atoms with Crippen LogP contribution in [0.3, 0.4) is 0 Å². The normalized spacial score (nSPS) is 12.7. The molecule has 8 heteroatoms. The minimum atomic E-state index is -0.902. The molecule has 0 spiro atoms. The first-order chi connectivity index (χ1) is 14.3. The molecule has 0 saturated heterocycles. The second-order valence-electron chi connectivity index (χ2n) is 6.58. The minimum absolute atomic E-state index is 0.281. The number of nitrogens with one attached hydrogen (secondary N) is 2. The van der Waals surface area contributed by atoms with Crippen molar-refractivity contribution in [2.24, 2.45) is 0 Å². The summed E-state index contributed by atoms with van der Waals surface area (Å²) in [7, 11) is 0. The Morgan fingerprint density at radius 2 is 1.43 bits per heavy atom. The number of fused-ring (bicyclic) bond motifs is 1. The highest BCUT2D eigenvalue weighted by atomic mass is 35.5. The topological polar surface area (TPSA) is 76.7 Å². The molecule has 0 saturated carbocycles. The van der Waals surface area contributed by atoms with E-state index in [9.17, 15) is 9.59 Å². The van der Waals surface area contributed by atoms with Crippen molar-refractivity contribution in [2.75, 3.05) is 0 Å². The van der Waals surface area contributed by atoms with Gasteiger partial charge in [0.1, 0.15) is 11.5 Å². The van der Waals surface area contributed by atoms with Gasteiger partial charge in [-0.3, -0.25) is 20.4 Å². The summed E-state index contributed by atoms with van der Waals surface area (Å²) in [5.41, 5.74) is 4.65. The molecule has 2 unspecified atom stereocenters. The Balaban J connectivity index is 1.51. The number of amides is 2. The van der Waals surface area contributed by atoms with Crippen LogP contribution in [0.4, 0.5) is 0 Å². The lowest BCUT2D eigenvalue weighted by Gasteiger charge is -2.18. The molecule has 3 aromatic rings. The average Bonchev–Trinajstić information content (AvgIpc) is 2.73. The summed E-state index contributed by atoms with van der Waals surface area (Å²) in [6.07, 6.45) is -1.73. The first kappa shape index (κ1) is 21.7. The van der Waals surface area contributed by atoms with Crippen LogP contribution in [0.5, 0.6) is 11.5 Å². The van der Waals surface area contributed by atoms with E-state index in [1.54, 1.807) is 25.1 Å². The smallest absolute Gasteiger partial charge is 0.279 e. The zero-order chi connectivity index (χ0) is 21.7. The fourth-order valence-corrected chi connectivity index (χ4v) is 3.09. The van der Waals surface area contributed by atoms with Gasteiger partial charge in [0, 0.05) is 5.02 Å². The van der Waals surface area contributed by atoms with Gasteiger partial charge in [-0.25, -0.2) is 0 Å². The van der Waals surface area contributed by atoms with Gasteiger partial charge >= 0.3 is 0 Å². The Morgan fingerprint density at radius 3 is 2.10 bits per heavy atom. The van der Waals surface area contributed by atoms with Crippen molar-refractivity contribution in [1.29, 1.82) is 0 Å². The molecular weight excluding hydrogens is 427 g/mol. The van der Waals surface area contributed by atoms with Crippen molar-refractivity contribution in [3.63, 3.8) is 0 Å². The number of hydrazine groups is 1. The SMILES string of the molecule is CC(Oc1ccc2ccccc2c1)C(=O)NNC(=O)C(C)Oc1ccc(Cl)cc1Cl. The van der Waals surface area contributed by atoms with Gasteiger partial charge in [-0.05, 0) is 55.0 Å². The summed E-state index contributed by atoms with van der Waals surface area (Å²) in [6, 6.07) is 18.1. The Kier molecular flexibility index (Phi) is 7.03. The Bertz CT molecular complexity index is 1070. The lowest BCUT2D eigenvalue weighted by molar-refractivity contribution is -0.135. The highest BCUT2D eigenvalue weighted by Gasteiger charge is 2.20. The molecule has 6 nitrogen and oxygen atoms in total. The third-order valence-electron chi connectivity index (χ3n) is 4.28. The van der Waals surface area contributed by atoms with Crippen LogP contribution >= 0.6 is 23.2 Å². The Morgan fingerprint density at radius 1 is 0.800 bits per heavy atom. The van der Waals surface area contributed by atoms with E-state index in [-0.39, 0.29) is 5.02 Å². The molecule has 2 N–H and O–H groups in total. The third-order valence-corrected chi connectivity index (χ3v) is 4.81. The number of hydrogen-bond acceptors (Lipinski definition) is 4. The molecule has 0 bridgehead atoms. The van der Waals surface area contributed by atoms with Gasteiger partial charge in [-0.15, -0.1) is 0 Å². The molecule has 0 fully saturated rings. The van der Waals surface area contributed by atoms with Crippen LogP contribution in [-0.4, -0.2) is 24.0 Å². The van der Waals surface area contributed by atoms with Gasteiger partial charge in [0.15, 0.2) is 12.2 Å². The maximum absolute atomic E-state index is 12.3. The van der Waals surface area contributed by atoms with Crippen LogP contribution in [0.2, 0.25) is 10.0 Å². The highest BCUT2D eigenvalue weighted by Crippen LogP contribution is 2.28. The molecule has 0 aliphatic heterocycles. The molecule has 2 atom stereocenters. The van der Waals surface area contributed by atoms with Crippen molar-refractivity contribution in [1.82, 2.24) is 10.9 Å². The fourth-order valence-electron chi connectivity index (χ4n) is 2.64. The molecule has 30 heavy (non-hydrogen) atoms. The molecule has 0 radical (unpaired) electrons. The second-order valence-corrected chi connectivity index (χ2v) is 7.43. The summed E-state index contributed by atoms with van der Waals surface area (Å²) in [4.78, 5) is 24.5. The molecule has 0 aliphatic rings. The standard InChI is InChI=1S/C22H20Cl2N2O4/c1-13(29-18-9-7-15-5-3-4-6-16(15)11-18)21(27)25-26-22(28)14(2)30-20-10-8-17(23)12-19(20)24/h3-14H,1-2H3,(H,25,27)(H,26,28). The first-order valence-electron chi connectivity index (χ1n) is 9.20. The largest absolute Gasteiger partial charge is 0.481 e. The first-order valence-corrected chi connectivity index (χ1v) is 9.96. The summed E-state index contributed by atoms with van der Waals surface area (Å²) < 4.78 is 11.2. The molecule has 3 aromatic carbocycles. The molecule has 0 aromatic heterocycles. The molecule has 3 rings (SSSR count). The predicted molar refractivity (Wildman–Crippen MR) is 117 cm³/mol. The third kappa shape index (κ3) is 5.55. The zero-order valence-electron chi connectivity index (χ0n) is 16.3. The van der Waals surface area contributed by atoms with E-state index in [1.165, 1.54) is 13.0 Å². The maximum Gasteiger partial charge on any atom is 0.279 e. The van der Waals surface area contributed by atoms with Crippen molar-refractivity contribution in [3.8, 4) is 11.5 Å². The van der Waals surface area contributed by atoms with Crippen molar-refractivity contribution >= 4 is 45.8 Å². The van der Waals surface area contributed by atoms with Crippen LogP contribution < -0.4 is 20.3 Å². The Labute approximate surface area is 184 Å². The highest BCUT2D eigenvalue weighted by molar-refractivity contribution is 6.35. The van der Waals surface area contributed by atoms with E-state index in [1.807, 2.05) is 36.4 Å². The van der Waals surface area contributed by atoms with Gasteiger partial charge in [0.05, 0.1) is 5.02 Å². The second kappa shape index (κ2) is 9.69. The van der Waals surface area contributed by atoms with Gasteiger partial charge < -0.3 is 9.47 Å².